The lowest BCUT2D eigenvalue weighted by Crippen LogP contribution is -2.31. The second-order valence-corrected chi connectivity index (χ2v) is 4.08. The summed E-state index contributed by atoms with van der Waals surface area (Å²) in [6.45, 7) is 0. The fourth-order valence-corrected chi connectivity index (χ4v) is 1.65. The van der Waals surface area contributed by atoms with Gasteiger partial charge in [-0.3, -0.25) is 0 Å². The molecular weight excluding hydrogens is 324 g/mol. The summed E-state index contributed by atoms with van der Waals surface area (Å²) >= 11 is 1.68. The van der Waals surface area contributed by atoms with E-state index in [-0.39, 0.29) is 9.13 Å². The highest BCUT2D eigenvalue weighted by molar-refractivity contribution is 14.1. The molecule has 0 bridgehead atoms. The second kappa shape index (κ2) is 4.38. The molecule has 0 aliphatic rings. The van der Waals surface area contributed by atoms with Gasteiger partial charge in [-0.05, 0) is 40.3 Å². The van der Waals surface area contributed by atoms with E-state index in [0.29, 0.717) is 0 Å². The molecule has 1 aromatic carbocycles. The van der Waals surface area contributed by atoms with Crippen LogP contribution in [0.15, 0.2) is 18.2 Å². The Balaban J connectivity index is 2.95. The lowest BCUT2D eigenvalue weighted by atomic mass is 10.1. The number of hydrogen-bond donors (Lipinski definition) is 1. The molecule has 1 N–H and O–H groups in total. The van der Waals surface area contributed by atoms with Gasteiger partial charge in [0.15, 0.2) is 0 Å². The van der Waals surface area contributed by atoms with E-state index in [9.17, 15) is 18.0 Å². The summed E-state index contributed by atoms with van der Waals surface area (Å²) in [5.74, 6) is -6.54. The van der Waals surface area contributed by atoms with E-state index in [1.165, 1.54) is 0 Å². The van der Waals surface area contributed by atoms with Gasteiger partial charge >= 0.3 is 11.9 Å². The molecule has 6 heteroatoms. The first-order valence-electron chi connectivity index (χ1n) is 3.88. The van der Waals surface area contributed by atoms with Crippen LogP contribution < -0.4 is 0 Å². The molecule has 0 atom stereocenters. The number of hydrogen-bond acceptors (Lipinski definition) is 1. The normalized spacial score (nSPS) is 11.5. The lowest BCUT2D eigenvalue weighted by Gasteiger charge is -2.12. The second-order valence-electron chi connectivity index (χ2n) is 2.92. The van der Waals surface area contributed by atoms with Crippen LogP contribution in [0.25, 0.3) is 0 Å². The molecule has 1 aromatic rings. The van der Waals surface area contributed by atoms with Crippen molar-refractivity contribution in [1.82, 2.24) is 0 Å². The van der Waals surface area contributed by atoms with Crippen molar-refractivity contribution in [3.05, 3.63) is 33.1 Å². The quantitative estimate of drug-likeness (QED) is 0.866. The topological polar surface area (TPSA) is 37.3 Å². The Labute approximate surface area is 97.2 Å². The summed E-state index contributed by atoms with van der Waals surface area (Å²) in [6.07, 6.45) is -0.930. The highest BCUT2D eigenvalue weighted by atomic mass is 127. The Morgan fingerprint density at radius 3 is 2.53 bits per heavy atom. The Morgan fingerprint density at radius 2 is 2.07 bits per heavy atom. The van der Waals surface area contributed by atoms with E-state index < -0.39 is 24.1 Å². The number of halogens is 4. The van der Waals surface area contributed by atoms with Gasteiger partial charge in [0, 0.05) is 9.99 Å². The van der Waals surface area contributed by atoms with Crippen molar-refractivity contribution < 1.29 is 23.1 Å². The van der Waals surface area contributed by atoms with Crippen LogP contribution in [0.5, 0.6) is 0 Å². The van der Waals surface area contributed by atoms with Crippen LogP contribution >= 0.6 is 22.6 Å². The van der Waals surface area contributed by atoms with Crippen molar-refractivity contribution in [2.45, 2.75) is 12.3 Å². The number of alkyl halides is 2. The van der Waals surface area contributed by atoms with Gasteiger partial charge in [0.05, 0.1) is 0 Å². The molecule has 0 saturated heterocycles. The number of benzene rings is 1. The molecule has 0 unspecified atom stereocenters. The van der Waals surface area contributed by atoms with Gasteiger partial charge in [0.25, 0.3) is 0 Å². The maximum atomic E-state index is 12.8. The Hall–Kier alpha value is -0.790. The molecule has 0 spiro atoms. The van der Waals surface area contributed by atoms with E-state index in [1.807, 2.05) is 0 Å². The average Bonchev–Trinajstić information content (AvgIpc) is 2.09. The molecule has 0 fully saturated rings. The third-order valence-corrected chi connectivity index (χ3v) is 2.74. The van der Waals surface area contributed by atoms with Crippen molar-refractivity contribution in [1.29, 1.82) is 0 Å². The van der Waals surface area contributed by atoms with Crippen molar-refractivity contribution in [3.8, 4) is 0 Å². The van der Waals surface area contributed by atoms with E-state index in [2.05, 4.69) is 0 Å². The summed E-state index contributed by atoms with van der Waals surface area (Å²) in [4.78, 5) is 10.2. The first kappa shape index (κ1) is 12.3. The Morgan fingerprint density at radius 1 is 1.47 bits per heavy atom. The number of carboxylic acid groups (broad SMARTS) is 1. The minimum atomic E-state index is -3.82. The molecule has 0 heterocycles. The van der Waals surface area contributed by atoms with Gasteiger partial charge < -0.3 is 5.11 Å². The lowest BCUT2D eigenvalue weighted by molar-refractivity contribution is -0.164. The van der Waals surface area contributed by atoms with Crippen LogP contribution in [0.4, 0.5) is 13.2 Å². The molecule has 15 heavy (non-hydrogen) atoms. The molecular formula is C9H6F3IO2. The standard InChI is InChI=1S/C9H6F3IO2/c10-6-2-1-5(7(13)3-6)4-9(11,12)8(14)15/h1-3H,4H2,(H,14,15). The minimum Gasteiger partial charge on any atom is -0.477 e. The van der Waals surface area contributed by atoms with Crippen LogP contribution in [-0.2, 0) is 11.2 Å². The predicted molar refractivity (Wildman–Crippen MR) is 55.4 cm³/mol. The highest BCUT2D eigenvalue weighted by Gasteiger charge is 2.39. The summed E-state index contributed by atoms with van der Waals surface area (Å²) in [5.41, 5.74) is 0.115. The van der Waals surface area contributed by atoms with Gasteiger partial charge in [-0.2, -0.15) is 8.78 Å². The summed E-state index contributed by atoms with van der Waals surface area (Å²) < 4.78 is 38.5. The summed E-state index contributed by atoms with van der Waals surface area (Å²) in [6, 6.07) is 3.26. The van der Waals surface area contributed by atoms with Gasteiger partial charge in [0.2, 0.25) is 0 Å². The largest absolute Gasteiger partial charge is 0.477 e. The third-order valence-electron chi connectivity index (χ3n) is 1.74. The Bertz CT molecular complexity index is 393. The van der Waals surface area contributed by atoms with Crippen molar-refractivity contribution in [3.63, 3.8) is 0 Å². The SMILES string of the molecule is O=C(O)C(F)(F)Cc1ccc(F)cc1I. The first-order valence-corrected chi connectivity index (χ1v) is 4.96. The van der Waals surface area contributed by atoms with Crippen molar-refractivity contribution in [2.75, 3.05) is 0 Å². The molecule has 82 valence electrons. The predicted octanol–water partition coefficient (Wildman–Crippen LogP) is 2.69. The highest BCUT2D eigenvalue weighted by Crippen LogP contribution is 2.24. The van der Waals surface area contributed by atoms with E-state index in [4.69, 9.17) is 5.11 Å². The molecule has 0 aromatic heterocycles. The number of carbonyl (C=O) groups is 1. The van der Waals surface area contributed by atoms with E-state index in [0.717, 1.165) is 18.2 Å². The van der Waals surface area contributed by atoms with Crippen LogP contribution in [0, 0.1) is 9.39 Å². The first-order chi connectivity index (χ1) is 6.83. The molecule has 0 aliphatic carbocycles. The molecule has 1 rings (SSSR count). The fraction of sp³-hybridized carbons (Fsp3) is 0.222. The zero-order valence-corrected chi connectivity index (χ0v) is 9.46. The van der Waals surface area contributed by atoms with Gasteiger partial charge in [-0.15, -0.1) is 0 Å². The fourth-order valence-electron chi connectivity index (χ4n) is 0.980. The zero-order chi connectivity index (χ0) is 11.6. The molecule has 0 amide bonds. The van der Waals surface area contributed by atoms with Crippen LogP contribution in [-0.4, -0.2) is 17.0 Å². The van der Waals surface area contributed by atoms with E-state index in [1.54, 1.807) is 22.6 Å². The van der Waals surface area contributed by atoms with Crippen LogP contribution in [0.1, 0.15) is 5.56 Å². The maximum Gasteiger partial charge on any atom is 0.374 e. The van der Waals surface area contributed by atoms with E-state index >= 15 is 0 Å². The summed E-state index contributed by atoms with van der Waals surface area (Å²) in [5, 5.41) is 8.22. The maximum absolute atomic E-state index is 12.8. The number of carboxylic acids is 1. The third kappa shape index (κ3) is 3.08. The number of rotatable bonds is 3. The number of aliphatic carboxylic acids is 1. The monoisotopic (exact) mass is 330 g/mol. The molecule has 0 aliphatic heterocycles. The Kier molecular flexibility index (Phi) is 3.58. The zero-order valence-electron chi connectivity index (χ0n) is 7.31. The van der Waals surface area contributed by atoms with Crippen LogP contribution in [0.3, 0.4) is 0 Å². The van der Waals surface area contributed by atoms with Crippen molar-refractivity contribution in [2.24, 2.45) is 0 Å². The van der Waals surface area contributed by atoms with Gasteiger partial charge in [-0.25, -0.2) is 9.18 Å². The van der Waals surface area contributed by atoms with Crippen LogP contribution in [0.2, 0.25) is 0 Å². The van der Waals surface area contributed by atoms with Crippen molar-refractivity contribution >= 4 is 28.6 Å². The summed E-state index contributed by atoms with van der Waals surface area (Å²) in [7, 11) is 0. The van der Waals surface area contributed by atoms with Gasteiger partial charge in [-0.1, -0.05) is 6.07 Å². The average molecular weight is 330 g/mol. The minimum absolute atomic E-state index is 0.115. The molecule has 0 radical (unpaired) electrons. The smallest absolute Gasteiger partial charge is 0.374 e. The van der Waals surface area contributed by atoms with Gasteiger partial charge in [0.1, 0.15) is 5.82 Å². The molecule has 0 saturated carbocycles. The molecule has 2 nitrogen and oxygen atoms in total.